The molecule has 0 unspecified atom stereocenters. The van der Waals surface area contributed by atoms with Gasteiger partial charge < -0.3 is 30.5 Å². The van der Waals surface area contributed by atoms with E-state index in [0.717, 1.165) is 32.1 Å². The van der Waals surface area contributed by atoms with Gasteiger partial charge in [-0.3, -0.25) is 14.4 Å². The van der Waals surface area contributed by atoms with Crippen LogP contribution >= 0.6 is 0 Å². The summed E-state index contributed by atoms with van der Waals surface area (Å²) in [4.78, 5) is 36.2. The second kappa shape index (κ2) is 16.3. The molecule has 4 saturated carbocycles. The Bertz CT molecular complexity index is 1610. The molecule has 7 rings (SSSR count). The van der Waals surface area contributed by atoms with Gasteiger partial charge in [-0.25, -0.2) is 4.39 Å². The van der Waals surface area contributed by atoms with Crippen LogP contribution in [0.5, 0.6) is 5.75 Å². The van der Waals surface area contributed by atoms with Crippen LogP contribution in [-0.4, -0.2) is 96.7 Å². The van der Waals surface area contributed by atoms with Crippen LogP contribution in [0.15, 0.2) is 36.4 Å². The number of fused-ring (bicyclic) bond motifs is 2. The summed E-state index contributed by atoms with van der Waals surface area (Å²) in [7, 11) is 5.53. The first-order valence-electron chi connectivity index (χ1n) is 19.7. The van der Waals surface area contributed by atoms with E-state index in [2.05, 4.69) is 36.3 Å². The lowest BCUT2D eigenvalue weighted by Crippen LogP contribution is -2.62. The van der Waals surface area contributed by atoms with Gasteiger partial charge in [0.25, 0.3) is 5.91 Å². The lowest BCUT2D eigenvalue weighted by molar-refractivity contribution is -0.183. The SMILES string of the molecule is COc1c(CN2O[C@@H](CO)[C@@H]([C@H](C)O)[C@H]2C(=O)N[C@H]2C[C@@H]3C[C@@H]([C@@H]2C)C3(C)C)cccc1-c1cc(F)cc(C(=O)N[C@H](CN(C)C)C2CCCCC2)c1. The zero-order valence-corrected chi connectivity index (χ0v) is 32.6. The summed E-state index contributed by atoms with van der Waals surface area (Å²) < 4.78 is 21.3. The topological polar surface area (TPSA) is 124 Å². The van der Waals surface area contributed by atoms with Crippen LogP contribution in [0.2, 0.25) is 0 Å². The highest BCUT2D eigenvalue weighted by atomic mass is 19.1. The summed E-state index contributed by atoms with van der Waals surface area (Å²) >= 11 is 0. The number of halogens is 1. The van der Waals surface area contributed by atoms with Gasteiger partial charge in [0, 0.05) is 41.2 Å². The lowest BCUT2D eigenvalue weighted by atomic mass is 9.45. The molecule has 4 aliphatic carbocycles. The molecule has 2 bridgehead atoms. The van der Waals surface area contributed by atoms with Crippen LogP contribution in [0.3, 0.4) is 0 Å². The van der Waals surface area contributed by atoms with E-state index < -0.39 is 30.0 Å². The van der Waals surface area contributed by atoms with Crippen molar-refractivity contribution in [2.75, 3.05) is 34.4 Å². The van der Waals surface area contributed by atoms with Crippen molar-refractivity contribution in [1.29, 1.82) is 0 Å². The molecule has 0 radical (unpaired) electrons. The summed E-state index contributed by atoms with van der Waals surface area (Å²) in [5.41, 5.74) is 2.23. The van der Waals surface area contributed by atoms with Crippen molar-refractivity contribution in [1.82, 2.24) is 20.6 Å². The molecule has 10 nitrogen and oxygen atoms in total. The van der Waals surface area contributed by atoms with E-state index >= 15 is 4.39 Å². The number of benzene rings is 2. The molecule has 5 fully saturated rings. The smallest absolute Gasteiger partial charge is 0.251 e. The number of aliphatic hydroxyl groups is 2. The Morgan fingerprint density at radius 1 is 1.13 bits per heavy atom. The number of para-hydroxylation sites is 1. The maximum absolute atomic E-state index is 15.3. The van der Waals surface area contributed by atoms with Crippen molar-refractivity contribution in [2.45, 2.75) is 110 Å². The second-order valence-electron chi connectivity index (χ2n) is 17.2. The average molecular weight is 737 g/mol. The molecule has 2 aromatic carbocycles. The number of amides is 2. The van der Waals surface area contributed by atoms with Crippen LogP contribution in [0, 0.1) is 40.8 Å². The third kappa shape index (κ3) is 8.15. The summed E-state index contributed by atoms with van der Waals surface area (Å²) in [5, 5.41) is 29.3. The number of aliphatic hydroxyl groups excluding tert-OH is 2. The molecule has 4 N–H and O–H groups in total. The van der Waals surface area contributed by atoms with Crippen molar-refractivity contribution in [3.8, 4) is 16.9 Å². The van der Waals surface area contributed by atoms with Crippen LogP contribution in [0.1, 0.15) is 88.6 Å². The number of hydrogen-bond donors (Lipinski definition) is 4. The molecule has 11 heteroatoms. The first-order chi connectivity index (χ1) is 25.2. The first-order valence-corrected chi connectivity index (χ1v) is 19.7. The molecule has 1 heterocycles. The molecule has 2 amide bonds. The van der Waals surface area contributed by atoms with Gasteiger partial charge in [-0.1, -0.05) is 58.2 Å². The number of carbonyl (C=O) groups excluding carboxylic acids is 2. The number of hydrogen-bond acceptors (Lipinski definition) is 8. The zero-order valence-electron chi connectivity index (χ0n) is 32.6. The minimum atomic E-state index is -0.926. The summed E-state index contributed by atoms with van der Waals surface area (Å²) in [6.07, 6.45) is 6.03. The molecular weight excluding hydrogens is 675 g/mol. The van der Waals surface area contributed by atoms with E-state index in [-0.39, 0.29) is 48.0 Å². The van der Waals surface area contributed by atoms with Gasteiger partial charge in [0.1, 0.15) is 23.7 Å². The number of nitrogens with one attached hydrogen (secondary N) is 2. The van der Waals surface area contributed by atoms with Crippen LogP contribution < -0.4 is 15.4 Å². The molecule has 1 saturated heterocycles. The highest BCUT2D eigenvalue weighted by Gasteiger charge is 2.57. The Balaban J connectivity index is 1.25. The number of methoxy groups -OCH3 is 1. The quantitative estimate of drug-likeness (QED) is 0.216. The summed E-state index contributed by atoms with van der Waals surface area (Å²) in [6, 6.07) is 8.95. The molecular formula is C42H61FN4O6. The molecule has 5 aliphatic rings. The van der Waals surface area contributed by atoms with Crippen molar-refractivity contribution < 1.29 is 33.8 Å². The third-order valence-corrected chi connectivity index (χ3v) is 13.3. The first kappa shape index (κ1) is 39.6. The maximum Gasteiger partial charge on any atom is 0.251 e. The fourth-order valence-electron chi connectivity index (χ4n) is 10.2. The van der Waals surface area contributed by atoms with Crippen molar-refractivity contribution in [3.05, 3.63) is 53.3 Å². The Labute approximate surface area is 314 Å². The highest BCUT2D eigenvalue weighted by Crippen LogP contribution is 2.61. The van der Waals surface area contributed by atoms with Gasteiger partial charge in [0.15, 0.2) is 0 Å². The minimum absolute atomic E-state index is 0.0158. The van der Waals surface area contributed by atoms with Gasteiger partial charge in [0.2, 0.25) is 5.91 Å². The molecule has 1 aliphatic heterocycles. The largest absolute Gasteiger partial charge is 0.496 e. The molecule has 0 spiro atoms. The monoisotopic (exact) mass is 736 g/mol. The number of likely N-dealkylation sites (N-methyl/N-ethyl adjacent to an activating group) is 1. The average Bonchev–Trinajstić information content (AvgIpc) is 3.50. The number of nitrogens with zero attached hydrogens (tertiary/aromatic N) is 2. The zero-order chi connectivity index (χ0) is 38.2. The number of carbonyl (C=O) groups is 2. The minimum Gasteiger partial charge on any atom is -0.496 e. The molecule has 2 aromatic rings. The highest BCUT2D eigenvalue weighted by molar-refractivity contribution is 5.96. The third-order valence-electron chi connectivity index (χ3n) is 13.3. The van der Waals surface area contributed by atoms with E-state index in [1.54, 1.807) is 18.1 Å². The van der Waals surface area contributed by atoms with Crippen LogP contribution in [-0.2, 0) is 16.2 Å². The Morgan fingerprint density at radius 2 is 1.87 bits per heavy atom. The van der Waals surface area contributed by atoms with E-state index in [9.17, 15) is 19.8 Å². The lowest BCUT2D eigenvalue weighted by Gasteiger charge is -2.62. The van der Waals surface area contributed by atoms with Gasteiger partial charge in [0.05, 0.1) is 26.4 Å². The summed E-state index contributed by atoms with van der Waals surface area (Å²) in [5.74, 6) is 0.473. The fourth-order valence-corrected chi connectivity index (χ4v) is 10.2. The van der Waals surface area contributed by atoms with E-state index in [4.69, 9.17) is 9.57 Å². The molecule has 9 atom stereocenters. The van der Waals surface area contributed by atoms with Crippen LogP contribution in [0.4, 0.5) is 4.39 Å². The Hall–Kier alpha value is -3.09. The van der Waals surface area contributed by atoms with Gasteiger partial charge >= 0.3 is 0 Å². The molecule has 53 heavy (non-hydrogen) atoms. The Morgan fingerprint density at radius 3 is 2.49 bits per heavy atom. The standard InChI is InChI=1S/C42H61FN4O6/c1-24-33-19-30(42(33,3)4)20-34(24)44-41(51)38-37(25(2)49)36(23-48)53-47(38)21-27-14-11-15-32(39(27)52-7)28-16-29(18-31(43)17-28)40(50)45-35(22-46(5)6)26-12-9-8-10-13-26/h11,14-18,24-26,30,33-38,48-49H,8-10,12-13,19-23H2,1-7H3,(H,44,51)(H,45,50)/t24-,25-,30-,33-,34-,35+,36-,37+,38-/m0/s1. The normalized spacial score (nSPS) is 29.7. The van der Waals surface area contributed by atoms with E-state index in [0.29, 0.717) is 52.7 Å². The van der Waals surface area contributed by atoms with Gasteiger partial charge in [-0.05, 0) is 99.6 Å². The molecule has 292 valence electrons. The number of hydroxylamine groups is 2. The van der Waals surface area contributed by atoms with Gasteiger partial charge in [-0.2, -0.15) is 5.06 Å². The van der Waals surface area contributed by atoms with Crippen molar-refractivity contribution in [2.24, 2.45) is 35.0 Å². The maximum atomic E-state index is 15.3. The number of ether oxygens (including phenoxy) is 1. The molecule has 0 aromatic heterocycles. The fraction of sp³-hybridized carbons (Fsp3) is 0.667. The van der Waals surface area contributed by atoms with E-state index in [1.807, 2.05) is 32.3 Å². The van der Waals surface area contributed by atoms with Crippen LogP contribution in [0.25, 0.3) is 11.1 Å². The second-order valence-corrected chi connectivity index (χ2v) is 17.2. The van der Waals surface area contributed by atoms with Gasteiger partial charge in [-0.15, -0.1) is 0 Å². The number of rotatable bonds is 13. The predicted octanol–water partition coefficient (Wildman–Crippen LogP) is 5.40. The van der Waals surface area contributed by atoms with Crippen molar-refractivity contribution >= 4 is 11.8 Å². The van der Waals surface area contributed by atoms with E-state index in [1.165, 1.54) is 32.1 Å². The van der Waals surface area contributed by atoms with Crippen molar-refractivity contribution in [3.63, 3.8) is 0 Å². The summed E-state index contributed by atoms with van der Waals surface area (Å²) in [6.45, 7) is 8.93. The predicted molar refractivity (Wildman–Crippen MR) is 202 cm³/mol. The Kier molecular flexibility index (Phi) is 12.2.